The third kappa shape index (κ3) is 4.86. The molecule has 26 heavy (non-hydrogen) atoms. The fraction of sp³-hybridized carbons (Fsp3) is 0.364. The summed E-state index contributed by atoms with van der Waals surface area (Å²) in [5.74, 6) is 0.905. The third-order valence-corrected chi connectivity index (χ3v) is 4.14. The number of carbonyl (C=O) groups excluding carboxylic acids is 1. The van der Waals surface area contributed by atoms with Crippen molar-refractivity contribution >= 4 is 22.8 Å². The van der Waals surface area contributed by atoms with E-state index in [4.69, 9.17) is 4.74 Å². The molecule has 0 heterocycles. The van der Waals surface area contributed by atoms with Gasteiger partial charge in [-0.05, 0) is 42.4 Å². The highest BCUT2D eigenvalue weighted by Gasteiger charge is 2.13. The number of nitrogens with zero attached hydrogens (tertiary/aromatic N) is 1. The van der Waals surface area contributed by atoms with Crippen molar-refractivity contribution in [2.24, 2.45) is 5.92 Å². The molecule has 0 bridgehead atoms. The fourth-order valence-electron chi connectivity index (χ4n) is 2.51. The summed E-state index contributed by atoms with van der Waals surface area (Å²) in [6.45, 7) is 8.76. The van der Waals surface area contributed by atoms with Crippen LogP contribution >= 0.6 is 0 Å². The van der Waals surface area contributed by atoms with Crippen molar-refractivity contribution in [2.75, 3.05) is 6.61 Å². The lowest BCUT2D eigenvalue weighted by Gasteiger charge is -2.13. The Balaban J connectivity index is 2.42. The molecule has 0 unspecified atom stereocenters. The first-order chi connectivity index (χ1) is 12.5. The van der Waals surface area contributed by atoms with E-state index in [2.05, 4.69) is 19.2 Å². The van der Waals surface area contributed by atoms with Crippen LogP contribution in [0.4, 0.5) is 0 Å². The average Bonchev–Trinajstić information content (AvgIpc) is 2.64. The van der Waals surface area contributed by atoms with Gasteiger partial charge in [0.2, 0.25) is 0 Å². The summed E-state index contributed by atoms with van der Waals surface area (Å²) in [6.07, 6.45) is 2.46. The normalized spacial score (nSPS) is 12.7. The van der Waals surface area contributed by atoms with Crippen LogP contribution in [0.25, 0.3) is 16.8 Å². The highest BCUT2D eigenvalue weighted by Crippen LogP contribution is 2.30. The smallest absolute Gasteiger partial charge is 0.262 e. The average molecular weight is 350 g/mol. The number of hydrogen-bond acceptors (Lipinski definition) is 3. The molecule has 0 fully saturated rings. The van der Waals surface area contributed by atoms with E-state index in [0.29, 0.717) is 12.5 Å². The summed E-state index contributed by atoms with van der Waals surface area (Å²) in [4.78, 5) is 12.3. The predicted octanol–water partition coefficient (Wildman–Crippen LogP) is 4.70. The first kappa shape index (κ1) is 19.5. The molecule has 2 aromatic rings. The van der Waals surface area contributed by atoms with Gasteiger partial charge in [0.15, 0.2) is 0 Å². The van der Waals surface area contributed by atoms with Crippen molar-refractivity contribution in [2.45, 2.75) is 40.2 Å². The van der Waals surface area contributed by atoms with Crippen molar-refractivity contribution in [1.82, 2.24) is 5.32 Å². The Morgan fingerprint density at radius 1 is 1.19 bits per heavy atom. The zero-order valence-electron chi connectivity index (χ0n) is 15.9. The van der Waals surface area contributed by atoms with Gasteiger partial charge >= 0.3 is 0 Å². The standard InChI is InChI=1S/C22H26N2O2/c1-5-16(4)24-22(25)18(13-23)12-17-10-11-21(26-14-15(2)3)20-9-7-6-8-19(17)20/h6-12,15-16H,5,14H2,1-4H3,(H,24,25)/b18-12+/t16-/m1/s1. The maximum absolute atomic E-state index is 12.3. The van der Waals surface area contributed by atoms with Crippen LogP contribution in [0.3, 0.4) is 0 Å². The maximum Gasteiger partial charge on any atom is 0.262 e. The second-order valence-electron chi connectivity index (χ2n) is 6.86. The second-order valence-corrected chi connectivity index (χ2v) is 6.86. The third-order valence-electron chi connectivity index (χ3n) is 4.14. The van der Waals surface area contributed by atoms with Crippen LogP contribution < -0.4 is 10.1 Å². The van der Waals surface area contributed by atoms with Gasteiger partial charge in [-0.2, -0.15) is 5.26 Å². The van der Waals surface area contributed by atoms with Crippen molar-refractivity contribution in [3.8, 4) is 11.8 Å². The van der Waals surface area contributed by atoms with Crippen molar-refractivity contribution in [3.63, 3.8) is 0 Å². The molecule has 136 valence electrons. The zero-order valence-corrected chi connectivity index (χ0v) is 15.9. The number of fused-ring (bicyclic) bond motifs is 1. The van der Waals surface area contributed by atoms with Gasteiger partial charge in [-0.15, -0.1) is 0 Å². The highest BCUT2D eigenvalue weighted by molar-refractivity contribution is 6.04. The van der Waals surface area contributed by atoms with Gasteiger partial charge in [0.05, 0.1) is 6.61 Å². The lowest BCUT2D eigenvalue weighted by atomic mass is 10.0. The monoisotopic (exact) mass is 350 g/mol. The number of benzene rings is 2. The molecule has 4 heteroatoms. The Bertz CT molecular complexity index is 847. The lowest BCUT2D eigenvalue weighted by molar-refractivity contribution is -0.117. The van der Waals surface area contributed by atoms with E-state index in [0.717, 1.165) is 28.5 Å². The molecule has 1 amide bonds. The largest absolute Gasteiger partial charge is 0.493 e. The van der Waals surface area contributed by atoms with Crippen molar-refractivity contribution in [1.29, 1.82) is 5.26 Å². The molecular weight excluding hydrogens is 324 g/mol. The number of nitrogens with one attached hydrogen (secondary N) is 1. The van der Waals surface area contributed by atoms with Gasteiger partial charge in [-0.1, -0.05) is 51.1 Å². The zero-order chi connectivity index (χ0) is 19.1. The molecule has 4 nitrogen and oxygen atoms in total. The van der Waals surface area contributed by atoms with E-state index in [-0.39, 0.29) is 17.5 Å². The van der Waals surface area contributed by atoms with Crippen LogP contribution in [-0.2, 0) is 4.79 Å². The Hall–Kier alpha value is -2.80. The molecule has 0 radical (unpaired) electrons. The summed E-state index contributed by atoms with van der Waals surface area (Å²) < 4.78 is 5.92. The molecule has 0 saturated carbocycles. The lowest BCUT2D eigenvalue weighted by Crippen LogP contribution is -2.32. The van der Waals surface area contributed by atoms with Crippen molar-refractivity contribution < 1.29 is 9.53 Å². The molecule has 0 aliphatic heterocycles. The minimum atomic E-state index is -0.342. The fourth-order valence-corrected chi connectivity index (χ4v) is 2.51. The van der Waals surface area contributed by atoms with Crippen LogP contribution in [0.15, 0.2) is 42.0 Å². The topological polar surface area (TPSA) is 62.1 Å². The number of carbonyl (C=O) groups is 1. The maximum atomic E-state index is 12.3. The number of amides is 1. The highest BCUT2D eigenvalue weighted by atomic mass is 16.5. The molecule has 2 aromatic carbocycles. The molecule has 1 N–H and O–H groups in total. The molecule has 0 spiro atoms. The Morgan fingerprint density at radius 3 is 2.50 bits per heavy atom. The quantitative estimate of drug-likeness (QED) is 0.582. The van der Waals surface area contributed by atoms with Gasteiger partial charge in [0.1, 0.15) is 17.4 Å². The number of ether oxygens (including phenoxy) is 1. The molecule has 2 rings (SSSR count). The number of nitriles is 1. The van der Waals surface area contributed by atoms with E-state index in [1.807, 2.05) is 56.3 Å². The van der Waals surface area contributed by atoms with Gasteiger partial charge < -0.3 is 10.1 Å². The predicted molar refractivity (Wildman–Crippen MR) is 106 cm³/mol. The first-order valence-electron chi connectivity index (χ1n) is 9.03. The number of hydrogen-bond donors (Lipinski definition) is 1. The van der Waals surface area contributed by atoms with E-state index >= 15 is 0 Å². The molecule has 0 aliphatic carbocycles. The van der Waals surface area contributed by atoms with Crippen LogP contribution in [0, 0.1) is 17.2 Å². The van der Waals surface area contributed by atoms with Gasteiger partial charge in [0, 0.05) is 11.4 Å². The minimum Gasteiger partial charge on any atom is -0.493 e. The van der Waals surface area contributed by atoms with Crippen LogP contribution in [0.5, 0.6) is 5.75 Å². The van der Waals surface area contributed by atoms with Gasteiger partial charge in [0.25, 0.3) is 5.91 Å². The summed E-state index contributed by atoms with van der Waals surface area (Å²) in [6, 6.07) is 13.7. The van der Waals surface area contributed by atoms with Crippen molar-refractivity contribution in [3.05, 3.63) is 47.5 Å². The van der Waals surface area contributed by atoms with Crippen LogP contribution in [0.2, 0.25) is 0 Å². The molecule has 0 aliphatic rings. The Labute approximate surface area is 155 Å². The van der Waals surface area contributed by atoms with E-state index in [1.54, 1.807) is 6.08 Å². The van der Waals surface area contributed by atoms with Crippen LogP contribution in [-0.4, -0.2) is 18.6 Å². The molecule has 0 aromatic heterocycles. The van der Waals surface area contributed by atoms with Crippen LogP contribution in [0.1, 0.15) is 39.7 Å². The summed E-state index contributed by atoms with van der Waals surface area (Å²) >= 11 is 0. The van der Waals surface area contributed by atoms with Gasteiger partial charge in [-0.25, -0.2) is 0 Å². The van der Waals surface area contributed by atoms with E-state index in [9.17, 15) is 10.1 Å². The second kappa shape index (κ2) is 9.05. The Kier molecular flexibility index (Phi) is 6.80. The first-order valence-corrected chi connectivity index (χ1v) is 9.03. The summed E-state index contributed by atoms with van der Waals surface area (Å²) in [5.41, 5.74) is 0.930. The van der Waals surface area contributed by atoms with Gasteiger partial charge in [-0.3, -0.25) is 4.79 Å². The molecule has 0 saturated heterocycles. The minimum absolute atomic E-state index is 0.0304. The van der Waals surface area contributed by atoms with E-state index < -0.39 is 0 Å². The number of rotatable bonds is 7. The summed E-state index contributed by atoms with van der Waals surface area (Å²) in [7, 11) is 0. The molecular formula is C22H26N2O2. The SMILES string of the molecule is CC[C@@H](C)NC(=O)/C(C#N)=C/c1ccc(OCC(C)C)c2ccccc12. The van der Waals surface area contributed by atoms with E-state index in [1.165, 1.54) is 0 Å². The summed E-state index contributed by atoms with van der Waals surface area (Å²) in [5, 5.41) is 14.2. The molecule has 1 atom stereocenters. The Morgan fingerprint density at radius 2 is 1.88 bits per heavy atom.